The average molecular weight is 432 g/mol. The summed E-state index contributed by atoms with van der Waals surface area (Å²) in [5.41, 5.74) is 3.02. The molecular weight excluding hydrogens is 408 g/mol. The van der Waals surface area contributed by atoms with E-state index in [0.29, 0.717) is 29.8 Å². The van der Waals surface area contributed by atoms with Gasteiger partial charge in [-0.3, -0.25) is 0 Å². The largest absolute Gasteiger partial charge is 0.465 e. The molecule has 2 N–H and O–H groups in total. The smallest absolute Gasteiger partial charge is 0.337 e. The van der Waals surface area contributed by atoms with Crippen LogP contribution in [-0.2, 0) is 17.6 Å². The summed E-state index contributed by atoms with van der Waals surface area (Å²) < 4.78 is 15.6. The number of carbonyl (C=O) groups excluding carboxylic acids is 2. The van der Waals surface area contributed by atoms with Crippen molar-refractivity contribution >= 4 is 17.7 Å². The molecule has 32 heavy (non-hydrogen) atoms. The maximum absolute atomic E-state index is 12.8. The molecule has 0 fully saturated rings. The highest BCUT2D eigenvalue weighted by atomic mass is 16.7. The molecule has 0 aliphatic carbocycles. The molecule has 1 atom stereocenters. The molecule has 0 spiro atoms. The van der Waals surface area contributed by atoms with Gasteiger partial charge in [0, 0.05) is 11.7 Å². The Balaban J connectivity index is 1.47. The van der Waals surface area contributed by atoms with E-state index in [4.69, 9.17) is 14.2 Å². The van der Waals surface area contributed by atoms with Gasteiger partial charge in [-0.1, -0.05) is 42.5 Å². The Hall–Kier alpha value is -4.00. The molecule has 1 aliphatic heterocycles. The van der Waals surface area contributed by atoms with Gasteiger partial charge in [-0.05, 0) is 54.3 Å². The zero-order valence-electron chi connectivity index (χ0n) is 17.7. The molecule has 4 rings (SSSR count). The van der Waals surface area contributed by atoms with Crippen LogP contribution in [0.4, 0.5) is 10.5 Å². The van der Waals surface area contributed by atoms with Crippen molar-refractivity contribution in [1.29, 1.82) is 0 Å². The van der Waals surface area contributed by atoms with Crippen molar-refractivity contribution in [2.45, 2.75) is 18.9 Å². The molecule has 2 amide bonds. The first-order chi connectivity index (χ1) is 15.6. The second-order valence-electron chi connectivity index (χ2n) is 7.45. The topological polar surface area (TPSA) is 85.9 Å². The Bertz CT molecular complexity index is 1100. The second kappa shape index (κ2) is 9.87. The fraction of sp³-hybridized carbons (Fsp3) is 0.200. The summed E-state index contributed by atoms with van der Waals surface area (Å²) in [5.74, 6) is 0.980. The fourth-order valence-corrected chi connectivity index (χ4v) is 3.62. The van der Waals surface area contributed by atoms with E-state index in [1.54, 1.807) is 24.3 Å². The van der Waals surface area contributed by atoms with Gasteiger partial charge in [0.25, 0.3) is 0 Å². The van der Waals surface area contributed by atoms with Crippen molar-refractivity contribution in [2.75, 3.05) is 19.2 Å². The van der Waals surface area contributed by atoms with Crippen molar-refractivity contribution in [3.63, 3.8) is 0 Å². The van der Waals surface area contributed by atoms with Crippen LogP contribution in [0.3, 0.4) is 0 Å². The standard InChI is InChI=1S/C25H24N2O5/c1-30-24(28)19-8-5-9-20(15-19)26-25(29)27-21(12-17-6-3-2-4-7-17)13-18-10-11-22-23(14-18)32-16-31-22/h2-11,14-15,21H,12-13,16H2,1H3,(H2,26,27,29)/t21-/m1/s1. The van der Waals surface area contributed by atoms with Crippen LogP contribution in [-0.4, -0.2) is 31.9 Å². The lowest BCUT2D eigenvalue weighted by molar-refractivity contribution is 0.0600. The third kappa shape index (κ3) is 5.37. The van der Waals surface area contributed by atoms with Crippen LogP contribution >= 0.6 is 0 Å². The normalized spacial score (nSPS) is 12.7. The van der Waals surface area contributed by atoms with E-state index in [1.165, 1.54) is 7.11 Å². The molecule has 3 aromatic carbocycles. The molecule has 1 heterocycles. The lowest BCUT2D eigenvalue weighted by Gasteiger charge is -2.20. The molecule has 0 aromatic heterocycles. The molecule has 0 radical (unpaired) electrons. The van der Waals surface area contributed by atoms with Crippen molar-refractivity contribution in [3.8, 4) is 11.5 Å². The van der Waals surface area contributed by atoms with Gasteiger partial charge < -0.3 is 24.8 Å². The van der Waals surface area contributed by atoms with Crippen LogP contribution < -0.4 is 20.1 Å². The van der Waals surface area contributed by atoms with E-state index < -0.39 is 5.97 Å². The van der Waals surface area contributed by atoms with E-state index in [1.807, 2.05) is 48.5 Å². The number of amides is 2. The van der Waals surface area contributed by atoms with Crippen LogP contribution in [0.5, 0.6) is 11.5 Å². The highest BCUT2D eigenvalue weighted by Crippen LogP contribution is 2.33. The van der Waals surface area contributed by atoms with Crippen molar-refractivity contribution in [3.05, 3.63) is 89.5 Å². The Kier molecular flexibility index (Phi) is 6.55. The molecule has 7 heteroatoms. The Morgan fingerprint density at radius 2 is 1.69 bits per heavy atom. The summed E-state index contributed by atoms with van der Waals surface area (Å²) in [5, 5.41) is 5.86. The molecule has 7 nitrogen and oxygen atoms in total. The average Bonchev–Trinajstić information content (AvgIpc) is 3.27. The summed E-state index contributed by atoms with van der Waals surface area (Å²) in [4.78, 5) is 24.5. The summed E-state index contributed by atoms with van der Waals surface area (Å²) in [6.45, 7) is 0.220. The first kappa shape index (κ1) is 21.2. The van der Waals surface area contributed by atoms with Gasteiger partial charge >= 0.3 is 12.0 Å². The quantitative estimate of drug-likeness (QED) is 0.547. The number of fused-ring (bicyclic) bond motifs is 1. The zero-order chi connectivity index (χ0) is 22.3. The molecule has 0 unspecified atom stereocenters. The fourth-order valence-electron chi connectivity index (χ4n) is 3.62. The highest BCUT2D eigenvalue weighted by Gasteiger charge is 2.18. The molecule has 0 bridgehead atoms. The van der Waals surface area contributed by atoms with Gasteiger partial charge in [0.15, 0.2) is 11.5 Å². The van der Waals surface area contributed by atoms with Gasteiger partial charge in [-0.25, -0.2) is 9.59 Å². The molecule has 0 saturated carbocycles. The number of nitrogens with one attached hydrogen (secondary N) is 2. The van der Waals surface area contributed by atoms with Crippen LogP contribution in [0.1, 0.15) is 21.5 Å². The number of carbonyl (C=O) groups is 2. The van der Waals surface area contributed by atoms with Gasteiger partial charge in [-0.15, -0.1) is 0 Å². The maximum Gasteiger partial charge on any atom is 0.337 e. The van der Waals surface area contributed by atoms with E-state index in [-0.39, 0.29) is 18.9 Å². The number of urea groups is 1. The summed E-state index contributed by atoms with van der Waals surface area (Å²) >= 11 is 0. The van der Waals surface area contributed by atoms with E-state index in [9.17, 15) is 9.59 Å². The Morgan fingerprint density at radius 3 is 2.50 bits per heavy atom. The predicted molar refractivity (Wildman–Crippen MR) is 120 cm³/mol. The minimum absolute atomic E-state index is 0.165. The number of benzene rings is 3. The molecule has 164 valence electrons. The molecule has 3 aromatic rings. The first-order valence-electron chi connectivity index (χ1n) is 10.3. The van der Waals surface area contributed by atoms with E-state index in [0.717, 1.165) is 16.9 Å². The van der Waals surface area contributed by atoms with Crippen LogP contribution in [0, 0.1) is 0 Å². The second-order valence-corrected chi connectivity index (χ2v) is 7.45. The van der Waals surface area contributed by atoms with E-state index >= 15 is 0 Å². The van der Waals surface area contributed by atoms with E-state index in [2.05, 4.69) is 10.6 Å². The molecule has 1 aliphatic rings. The lowest BCUT2D eigenvalue weighted by atomic mass is 9.98. The molecular formula is C25H24N2O5. The van der Waals surface area contributed by atoms with Gasteiger partial charge in [-0.2, -0.15) is 0 Å². The Labute approximate surface area is 186 Å². The van der Waals surface area contributed by atoms with Gasteiger partial charge in [0.05, 0.1) is 12.7 Å². The first-order valence-corrected chi connectivity index (χ1v) is 10.3. The monoisotopic (exact) mass is 432 g/mol. The summed E-state index contributed by atoms with van der Waals surface area (Å²) in [7, 11) is 1.32. The number of ether oxygens (including phenoxy) is 3. The highest BCUT2D eigenvalue weighted by molar-refractivity contribution is 5.94. The van der Waals surface area contributed by atoms with Gasteiger partial charge in [0.2, 0.25) is 6.79 Å². The predicted octanol–water partition coefficient (Wildman–Crippen LogP) is 4.18. The van der Waals surface area contributed by atoms with Crippen molar-refractivity contribution in [1.82, 2.24) is 5.32 Å². The van der Waals surface area contributed by atoms with Crippen LogP contribution in [0.25, 0.3) is 0 Å². The lowest BCUT2D eigenvalue weighted by Crippen LogP contribution is -2.40. The number of esters is 1. The SMILES string of the molecule is COC(=O)c1cccc(NC(=O)N[C@H](Cc2ccccc2)Cc2ccc3c(c2)OCO3)c1. The van der Waals surface area contributed by atoms with Crippen LogP contribution in [0.15, 0.2) is 72.8 Å². The molecule has 0 saturated heterocycles. The third-order valence-electron chi connectivity index (χ3n) is 5.12. The number of anilines is 1. The Morgan fingerprint density at radius 1 is 0.906 bits per heavy atom. The number of rotatable bonds is 7. The zero-order valence-corrected chi connectivity index (χ0v) is 17.7. The number of hydrogen-bond acceptors (Lipinski definition) is 5. The van der Waals surface area contributed by atoms with Crippen LogP contribution in [0.2, 0.25) is 0 Å². The van der Waals surface area contributed by atoms with Crippen molar-refractivity contribution < 1.29 is 23.8 Å². The maximum atomic E-state index is 12.8. The number of methoxy groups -OCH3 is 1. The van der Waals surface area contributed by atoms with Crippen molar-refractivity contribution in [2.24, 2.45) is 0 Å². The third-order valence-corrected chi connectivity index (χ3v) is 5.12. The summed E-state index contributed by atoms with van der Waals surface area (Å²) in [6.07, 6.45) is 1.27. The minimum Gasteiger partial charge on any atom is -0.465 e. The minimum atomic E-state index is -0.459. The summed E-state index contributed by atoms with van der Waals surface area (Å²) in [6, 6.07) is 21.9. The van der Waals surface area contributed by atoms with Gasteiger partial charge in [0.1, 0.15) is 0 Å². The number of hydrogen-bond donors (Lipinski definition) is 2.